The van der Waals surface area contributed by atoms with Crippen LogP contribution < -0.4 is 0 Å². The molecule has 0 aromatic heterocycles. The summed E-state index contributed by atoms with van der Waals surface area (Å²) in [7, 11) is 0. The Hall–Kier alpha value is -1.63. The van der Waals surface area contributed by atoms with Crippen LogP contribution in [-0.4, -0.2) is 44.4 Å². The van der Waals surface area contributed by atoms with Crippen LogP contribution in [-0.2, 0) is 19.1 Å². The molecule has 0 aliphatic carbocycles. The fourth-order valence-corrected chi connectivity index (χ4v) is 2.29. The lowest BCUT2D eigenvalue weighted by atomic mass is 9.66. The minimum Gasteiger partial charge on any atom is -0.481 e. The zero-order valence-electron chi connectivity index (χ0n) is 13.1. The monoisotopic (exact) mass is 304 g/mol. The number of hydrogen-bond donors (Lipinski definition) is 3. The van der Waals surface area contributed by atoms with Crippen LogP contribution >= 0.6 is 0 Å². The lowest BCUT2D eigenvalue weighted by Crippen LogP contribution is -2.59. The number of carbonyl (C=O) groups is 3. The molecule has 0 aliphatic rings. The number of hydrogen-bond acceptors (Lipinski definition) is 5. The molecule has 0 rings (SSSR count). The van der Waals surface area contributed by atoms with Crippen LogP contribution in [0.3, 0.4) is 0 Å². The molecule has 7 nitrogen and oxygen atoms in total. The van der Waals surface area contributed by atoms with Crippen molar-refractivity contribution in [2.75, 3.05) is 0 Å². The van der Waals surface area contributed by atoms with E-state index in [2.05, 4.69) is 0 Å². The lowest BCUT2D eigenvalue weighted by Gasteiger charge is -2.40. The molecule has 0 unspecified atom stereocenters. The number of carboxylic acid groups (broad SMARTS) is 2. The summed E-state index contributed by atoms with van der Waals surface area (Å²) < 4.78 is 5.06. The number of rotatable bonds is 7. The van der Waals surface area contributed by atoms with Gasteiger partial charge in [0, 0.05) is 0 Å². The first-order valence-electron chi connectivity index (χ1n) is 6.77. The second-order valence-corrected chi connectivity index (χ2v) is 6.02. The lowest BCUT2D eigenvalue weighted by molar-refractivity contribution is -0.196. The smallest absolute Gasteiger partial charge is 0.336 e. The molecule has 3 N–H and O–H groups in total. The van der Waals surface area contributed by atoms with E-state index in [1.165, 1.54) is 13.8 Å². The highest BCUT2D eigenvalue weighted by Crippen LogP contribution is 2.42. The molecule has 0 saturated carbocycles. The van der Waals surface area contributed by atoms with Gasteiger partial charge in [0.25, 0.3) is 0 Å². The van der Waals surface area contributed by atoms with Crippen LogP contribution in [0.15, 0.2) is 0 Å². The van der Waals surface area contributed by atoms with Gasteiger partial charge in [-0.05, 0) is 33.6 Å². The largest absolute Gasteiger partial charge is 0.481 e. The molecule has 0 radical (unpaired) electrons. The Morgan fingerprint density at radius 3 is 1.67 bits per heavy atom. The second kappa shape index (κ2) is 6.43. The third-order valence-electron chi connectivity index (χ3n) is 3.54. The van der Waals surface area contributed by atoms with Crippen molar-refractivity contribution in [3.05, 3.63) is 0 Å². The number of ether oxygens (including phenoxy) is 1. The number of carboxylic acids is 2. The number of aliphatic hydroxyl groups is 1. The van der Waals surface area contributed by atoms with Gasteiger partial charge < -0.3 is 20.1 Å². The van der Waals surface area contributed by atoms with Crippen LogP contribution in [0.2, 0.25) is 0 Å². The van der Waals surface area contributed by atoms with E-state index in [0.29, 0.717) is 0 Å². The van der Waals surface area contributed by atoms with E-state index in [4.69, 9.17) is 4.74 Å². The quantitative estimate of drug-likeness (QED) is 0.608. The highest BCUT2D eigenvalue weighted by Gasteiger charge is 2.60. The maximum absolute atomic E-state index is 11.9. The van der Waals surface area contributed by atoms with E-state index >= 15 is 0 Å². The van der Waals surface area contributed by atoms with E-state index in [-0.39, 0.29) is 12.8 Å². The average Bonchev–Trinajstić information content (AvgIpc) is 2.31. The van der Waals surface area contributed by atoms with Gasteiger partial charge in [-0.25, -0.2) is 4.79 Å². The van der Waals surface area contributed by atoms with Crippen molar-refractivity contribution < 1.29 is 34.4 Å². The summed E-state index contributed by atoms with van der Waals surface area (Å²) in [6.07, 6.45) is -1.28. The van der Waals surface area contributed by atoms with Gasteiger partial charge in [-0.2, -0.15) is 0 Å². The highest BCUT2D eigenvalue weighted by molar-refractivity contribution is 5.92. The minimum absolute atomic E-state index is 0.224. The maximum Gasteiger partial charge on any atom is 0.336 e. The van der Waals surface area contributed by atoms with E-state index in [1.807, 2.05) is 0 Å². The highest BCUT2D eigenvalue weighted by atomic mass is 16.6. The Kier molecular flexibility index (Phi) is 5.93. The molecule has 0 aliphatic heterocycles. The number of carbonyl (C=O) groups excluding carboxylic acids is 1. The summed E-state index contributed by atoms with van der Waals surface area (Å²) in [5.74, 6) is -4.07. The first kappa shape index (κ1) is 19.4. The minimum atomic E-state index is -2.55. The Labute approximate surface area is 123 Å². The zero-order valence-corrected chi connectivity index (χ0v) is 13.1. The normalized spacial score (nSPS) is 17.4. The maximum atomic E-state index is 11.9. The molecule has 0 saturated heterocycles. The molecule has 2 atom stereocenters. The topological polar surface area (TPSA) is 121 Å². The van der Waals surface area contributed by atoms with Gasteiger partial charge in [-0.15, -0.1) is 0 Å². The molecule has 0 spiro atoms. The molecule has 122 valence electrons. The van der Waals surface area contributed by atoms with Gasteiger partial charge >= 0.3 is 17.9 Å². The standard InChI is InChI=1S/C14H24O7/c1-6-13(10(16)17,14(20,7-2)11(18)19)8-9(15)21-12(3,4)5/h20H,6-8H2,1-5H3,(H,16,17)(H,18,19)/t13-,14+/m0/s1. The Morgan fingerprint density at radius 1 is 0.952 bits per heavy atom. The van der Waals surface area contributed by atoms with Crippen molar-refractivity contribution in [2.24, 2.45) is 5.41 Å². The van der Waals surface area contributed by atoms with Crippen molar-refractivity contribution in [1.82, 2.24) is 0 Å². The van der Waals surface area contributed by atoms with Gasteiger partial charge in [0.1, 0.15) is 11.0 Å². The predicted molar refractivity (Wildman–Crippen MR) is 73.7 cm³/mol. The Bertz CT molecular complexity index is 424. The molecule has 21 heavy (non-hydrogen) atoms. The van der Waals surface area contributed by atoms with Crippen LogP contribution in [0, 0.1) is 5.41 Å². The van der Waals surface area contributed by atoms with Gasteiger partial charge in [0.05, 0.1) is 6.42 Å². The summed E-state index contributed by atoms with van der Waals surface area (Å²) in [5, 5.41) is 29.0. The predicted octanol–water partition coefficient (Wildman–Crippen LogP) is 1.42. The SMILES string of the molecule is CC[C@](CC(=O)OC(C)(C)C)(C(=O)O)[C@@](O)(CC)C(=O)O. The summed E-state index contributed by atoms with van der Waals surface area (Å²) in [6, 6.07) is 0. The van der Waals surface area contributed by atoms with Crippen molar-refractivity contribution in [1.29, 1.82) is 0 Å². The van der Waals surface area contributed by atoms with Gasteiger partial charge in [-0.1, -0.05) is 13.8 Å². The third-order valence-corrected chi connectivity index (χ3v) is 3.54. The van der Waals surface area contributed by atoms with Crippen molar-refractivity contribution in [2.45, 2.75) is 65.1 Å². The Morgan fingerprint density at radius 2 is 1.43 bits per heavy atom. The summed E-state index contributed by atoms with van der Waals surface area (Å²) >= 11 is 0. The molecule has 0 bridgehead atoms. The van der Waals surface area contributed by atoms with E-state index in [9.17, 15) is 29.7 Å². The van der Waals surface area contributed by atoms with Crippen LogP contribution in [0.5, 0.6) is 0 Å². The number of esters is 1. The zero-order chi connectivity index (χ0) is 17.1. The first-order chi connectivity index (χ1) is 9.36. The van der Waals surface area contributed by atoms with Gasteiger partial charge in [0.15, 0.2) is 5.60 Å². The van der Waals surface area contributed by atoms with Gasteiger partial charge in [-0.3, -0.25) is 9.59 Å². The molecular weight excluding hydrogens is 280 g/mol. The molecule has 0 aromatic rings. The van der Waals surface area contributed by atoms with Gasteiger partial charge in [0.2, 0.25) is 0 Å². The first-order valence-corrected chi connectivity index (χ1v) is 6.77. The molecule has 0 heterocycles. The molecule has 7 heteroatoms. The number of aliphatic carboxylic acids is 2. The van der Waals surface area contributed by atoms with Crippen molar-refractivity contribution in [3.63, 3.8) is 0 Å². The average molecular weight is 304 g/mol. The van der Waals surface area contributed by atoms with E-state index in [1.54, 1.807) is 20.8 Å². The molecule has 0 fully saturated rings. The molecule has 0 aromatic carbocycles. The molecular formula is C14H24O7. The van der Waals surface area contributed by atoms with E-state index < -0.39 is 40.9 Å². The summed E-state index contributed by atoms with van der Waals surface area (Å²) in [5.41, 5.74) is -5.52. The fraction of sp³-hybridized carbons (Fsp3) is 0.786. The van der Waals surface area contributed by atoms with Crippen molar-refractivity contribution >= 4 is 17.9 Å². The van der Waals surface area contributed by atoms with Crippen LogP contribution in [0.1, 0.15) is 53.9 Å². The Balaban J connectivity index is 5.73. The molecule has 0 amide bonds. The van der Waals surface area contributed by atoms with Crippen LogP contribution in [0.25, 0.3) is 0 Å². The third kappa shape index (κ3) is 3.93. The van der Waals surface area contributed by atoms with Crippen LogP contribution in [0.4, 0.5) is 0 Å². The van der Waals surface area contributed by atoms with Crippen molar-refractivity contribution in [3.8, 4) is 0 Å². The summed E-state index contributed by atoms with van der Waals surface area (Å²) in [4.78, 5) is 34.9. The second-order valence-electron chi connectivity index (χ2n) is 6.02. The summed E-state index contributed by atoms with van der Waals surface area (Å²) in [6.45, 7) is 7.62. The fourth-order valence-electron chi connectivity index (χ4n) is 2.29. The van der Waals surface area contributed by atoms with E-state index in [0.717, 1.165) is 0 Å².